The van der Waals surface area contributed by atoms with E-state index in [1.165, 1.54) is 4.31 Å². The summed E-state index contributed by atoms with van der Waals surface area (Å²) in [6, 6.07) is 23.2. The standard InChI is InChI=1S/C28H30N2O5S2/c1-20-12-14-24(15-13-20)37(34,35)30-18-23(36-19-22-10-6-3-7-11-22)17-26(30)27(31)29-25(28(32)33)16-21-8-4-2-5-9-21/h2-15,23,25-26H,16-19H2,1H3,(H,29,31)(H,32,33)/t23?,25-,26-/m0/s1. The maximum Gasteiger partial charge on any atom is 0.326 e. The second kappa shape index (κ2) is 11.9. The lowest BCUT2D eigenvalue weighted by Crippen LogP contribution is -2.51. The largest absolute Gasteiger partial charge is 0.480 e. The number of carbonyl (C=O) groups excluding carboxylic acids is 1. The van der Waals surface area contributed by atoms with E-state index in [0.29, 0.717) is 12.2 Å². The average molecular weight is 539 g/mol. The Morgan fingerprint density at radius 3 is 2.16 bits per heavy atom. The number of carbonyl (C=O) groups is 2. The average Bonchev–Trinajstić information content (AvgIpc) is 3.34. The summed E-state index contributed by atoms with van der Waals surface area (Å²) in [6.07, 6.45) is 0.400. The highest BCUT2D eigenvalue weighted by molar-refractivity contribution is 7.99. The van der Waals surface area contributed by atoms with E-state index in [1.807, 2.05) is 43.3 Å². The molecule has 3 aromatic carbocycles. The molecule has 2 N–H and O–H groups in total. The van der Waals surface area contributed by atoms with Crippen LogP contribution in [0.2, 0.25) is 0 Å². The van der Waals surface area contributed by atoms with Gasteiger partial charge in [0, 0.05) is 24.0 Å². The van der Waals surface area contributed by atoms with Gasteiger partial charge in [-0.15, -0.1) is 0 Å². The molecule has 1 aliphatic rings. The number of benzene rings is 3. The van der Waals surface area contributed by atoms with E-state index in [-0.39, 0.29) is 23.1 Å². The maximum atomic E-state index is 13.6. The van der Waals surface area contributed by atoms with E-state index >= 15 is 0 Å². The van der Waals surface area contributed by atoms with Gasteiger partial charge in [0.1, 0.15) is 12.1 Å². The van der Waals surface area contributed by atoms with Crippen LogP contribution in [0.1, 0.15) is 23.1 Å². The van der Waals surface area contributed by atoms with Crippen molar-refractivity contribution in [3.05, 3.63) is 102 Å². The number of aryl methyl sites for hydroxylation is 1. The first-order chi connectivity index (χ1) is 17.7. The fourth-order valence-electron chi connectivity index (χ4n) is 4.34. The molecular weight excluding hydrogens is 508 g/mol. The van der Waals surface area contributed by atoms with Crippen molar-refractivity contribution < 1.29 is 23.1 Å². The van der Waals surface area contributed by atoms with Crippen molar-refractivity contribution in [3.63, 3.8) is 0 Å². The van der Waals surface area contributed by atoms with Gasteiger partial charge in [-0.1, -0.05) is 78.4 Å². The van der Waals surface area contributed by atoms with Crippen LogP contribution in [0.15, 0.2) is 89.8 Å². The number of nitrogens with one attached hydrogen (secondary N) is 1. The van der Waals surface area contributed by atoms with Crippen LogP contribution in [-0.4, -0.2) is 53.6 Å². The monoisotopic (exact) mass is 538 g/mol. The van der Waals surface area contributed by atoms with Crippen LogP contribution in [0.4, 0.5) is 0 Å². The summed E-state index contributed by atoms with van der Waals surface area (Å²) < 4.78 is 28.5. The van der Waals surface area contributed by atoms with E-state index in [1.54, 1.807) is 60.3 Å². The predicted octanol–water partition coefficient (Wildman–Crippen LogP) is 3.87. The highest BCUT2D eigenvalue weighted by Gasteiger charge is 2.44. The van der Waals surface area contributed by atoms with Gasteiger partial charge in [0.05, 0.1) is 4.90 Å². The van der Waals surface area contributed by atoms with Gasteiger partial charge in [-0.3, -0.25) is 4.79 Å². The minimum absolute atomic E-state index is 0.103. The number of nitrogens with zero attached hydrogens (tertiary/aromatic N) is 1. The molecule has 1 heterocycles. The van der Waals surface area contributed by atoms with Gasteiger partial charge < -0.3 is 10.4 Å². The van der Waals surface area contributed by atoms with Gasteiger partial charge in [0.15, 0.2) is 0 Å². The Labute approximate surface area is 222 Å². The highest BCUT2D eigenvalue weighted by atomic mass is 32.2. The summed E-state index contributed by atoms with van der Waals surface area (Å²) in [7, 11) is -3.97. The smallest absolute Gasteiger partial charge is 0.326 e. The number of carboxylic acids is 1. The topological polar surface area (TPSA) is 104 Å². The molecule has 9 heteroatoms. The lowest BCUT2D eigenvalue weighted by atomic mass is 10.1. The van der Waals surface area contributed by atoms with E-state index in [4.69, 9.17) is 0 Å². The number of sulfonamides is 1. The van der Waals surface area contributed by atoms with Crippen molar-refractivity contribution in [1.29, 1.82) is 0 Å². The number of aliphatic carboxylic acids is 1. The molecule has 3 atom stereocenters. The Kier molecular flexibility index (Phi) is 8.68. The van der Waals surface area contributed by atoms with Gasteiger partial charge in [-0.2, -0.15) is 16.1 Å². The summed E-state index contributed by atoms with van der Waals surface area (Å²) in [6.45, 7) is 2.04. The van der Waals surface area contributed by atoms with Crippen LogP contribution in [0.5, 0.6) is 0 Å². The van der Waals surface area contributed by atoms with Crippen LogP contribution < -0.4 is 5.32 Å². The van der Waals surface area contributed by atoms with Crippen molar-refractivity contribution in [2.75, 3.05) is 6.54 Å². The molecule has 1 aliphatic heterocycles. The van der Waals surface area contributed by atoms with Crippen molar-refractivity contribution in [1.82, 2.24) is 9.62 Å². The third-order valence-electron chi connectivity index (χ3n) is 6.37. The van der Waals surface area contributed by atoms with Crippen molar-refractivity contribution in [3.8, 4) is 0 Å². The first-order valence-electron chi connectivity index (χ1n) is 12.0. The van der Waals surface area contributed by atoms with E-state index < -0.39 is 34.0 Å². The lowest BCUT2D eigenvalue weighted by molar-refractivity contribution is -0.142. The number of carboxylic acid groups (broad SMARTS) is 1. The molecule has 1 amide bonds. The first-order valence-corrected chi connectivity index (χ1v) is 14.5. The summed E-state index contributed by atoms with van der Waals surface area (Å²) in [5, 5.41) is 12.3. The second-order valence-electron chi connectivity index (χ2n) is 9.15. The summed E-state index contributed by atoms with van der Waals surface area (Å²) >= 11 is 1.60. The van der Waals surface area contributed by atoms with E-state index in [2.05, 4.69) is 5.32 Å². The zero-order valence-corrected chi connectivity index (χ0v) is 22.1. The molecule has 0 spiro atoms. The molecule has 194 valence electrons. The molecule has 3 aromatic rings. The predicted molar refractivity (Wildman–Crippen MR) is 145 cm³/mol. The quantitative estimate of drug-likeness (QED) is 0.406. The minimum Gasteiger partial charge on any atom is -0.480 e. The molecule has 1 saturated heterocycles. The van der Waals surface area contributed by atoms with Gasteiger partial charge in [0.2, 0.25) is 15.9 Å². The van der Waals surface area contributed by atoms with Gasteiger partial charge in [-0.05, 0) is 36.6 Å². The van der Waals surface area contributed by atoms with Crippen molar-refractivity contribution in [2.45, 2.75) is 47.7 Å². The number of rotatable bonds is 10. The molecule has 0 aliphatic carbocycles. The molecule has 0 radical (unpaired) electrons. The second-order valence-corrected chi connectivity index (χ2v) is 12.3. The number of thioether (sulfide) groups is 1. The Morgan fingerprint density at radius 2 is 1.57 bits per heavy atom. The highest BCUT2D eigenvalue weighted by Crippen LogP contribution is 2.34. The molecule has 7 nitrogen and oxygen atoms in total. The molecule has 1 fully saturated rings. The van der Waals surface area contributed by atoms with Gasteiger partial charge >= 0.3 is 5.97 Å². The molecule has 4 rings (SSSR count). The van der Waals surface area contributed by atoms with Crippen molar-refractivity contribution >= 4 is 33.7 Å². The SMILES string of the molecule is Cc1ccc(S(=O)(=O)N2CC(SCc3ccccc3)C[C@H]2C(=O)N[C@@H](Cc2ccccc2)C(=O)O)cc1. The maximum absolute atomic E-state index is 13.6. The van der Waals surface area contributed by atoms with E-state index in [0.717, 1.165) is 16.7 Å². The molecule has 37 heavy (non-hydrogen) atoms. The molecule has 0 saturated carbocycles. The number of hydrogen-bond donors (Lipinski definition) is 2. The van der Waals surface area contributed by atoms with Crippen LogP contribution in [0, 0.1) is 6.92 Å². The van der Waals surface area contributed by atoms with Gasteiger partial charge in [-0.25, -0.2) is 13.2 Å². The number of amides is 1. The summed E-state index contributed by atoms with van der Waals surface area (Å²) in [5.41, 5.74) is 2.81. The molecule has 0 bridgehead atoms. The Hall–Kier alpha value is -3.14. The zero-order valence-electron chi connectivity index (χ0n) is 20.5. The minimum atomic E-state index is -3.97. The summed E-state index contributed by atoms with van der Waals surface area (Å²) in [4.78, 5) is 25.5. The number of hydrogen-bond acceptors (Lipinski definition) is 5. The third kappa shape index (κ3) is 6.80. The Balaban J connectivity index is 1.55. The Bertz CT molecular complexity index is 1320. The van der Waals surface area contributed by atoms with Gasteiger partial charge in [0.25, 0.3) is 0 Å². The Morgan fingerprint density at radius 1 is 0.973 bits per heavy atom. The third-order valence-corrected chi connectivity index (χ3v) is 9.58. The molecule has 0 aromatic heterocycles. The van der Waals surface area contributed by atoms with E-state index in [9.17, 15) is 23.1 Å². The summed E-state index contributed by atoms with van der Waals surface area (Å²) in [5.74, 6) is -1.08. The fraction of sp³-hybridized carbons (Fsp3) is 0.286. The van der Waals surface area contributed by atoms with Crippen LogP contribution in [0.25, 0.3) is 0 Å². The van der Waals surface area contributed by atoms with Crippen molar-refractivity contribution in [2.24, 2.45) is 0 Å². The molecular formula is C28H30N2O5S2. The first kappa shape index (κ1) is 26.9. The van der Waals surface area contributed by atoms with Crippen LogP contribution in [-0.2, 0) is 31.8 Å². The zero-order chi connectivity index (χ0) is 26.4. The molecule has 1 unspecified atom stereocenters. The van der Waals surface area contributed by atoms with Crippen LogP contribution in [0.3, 0.4) is 0 Å². The normalized spacial score (nSPS) is 18.8. The fourth-order valence-corrected chi connectivity index (χ4v) is 7.29. The lowest BCUT2D eigenvalue weighted by Gasteiger charge is -2.25. The van der Waals surface area contributed by atoms with Crippen LogP contribution >= 0.6 is 11.8 Å².